The molecule has 6 nitrogen and oxygen atoms in total. The molecule has 0 aliphatic heterocycles. The molecule has 0 aliphatic carbocycles. The molecule has 33 heavy (non-hydrogen) atoms. The highest BCUT2D eigenvalue weighted by Gasteiger charge is 2.18. The highest BCUT2D eigenvalue weighted by atomic mass is 32.2. The van der Waals surface area contributed by atoms with Gasteiger partial charge in [-0.3, -0.25) is 4.79 Å². The maximum Gasteiger partial charge on any atom is 0.262 e. The van der Waals surface area contributed by atoms with E-state index in [4.69, 9.17) is 4.74 Å². The fourth-order valence-corrected chi connectivity index (χ4v) is 4.79. The zero-order chi connectivity index (χ0) is 23.8. The summed E-state index contributed by atoms with van der Waals surface area (Å²) in [5.74, 6) is 0.153. The van der Waals surface area contributed by atoms with Crippen molar-refractivity contribution < 1.29 is 17.9 Å². The Labute approximate surface area is 196 Å². The molecule has 0 saturated heterocycles. The first kappa shape index (κ1) is 24.5. The summed E-state index contributed by atoms with van der Waals surface area (Å²) in [6.07, 6.45) is 1.63. The summed E-state index contributed by atoms with van der Waals surface area (Å²) in [7, 11) is -3.70. The van der Waals surface area contributed by atoms with Crippen molar-refractivity contribution >= 4 is 21.6 Å². The van der Waals surface area contributed by atoms with Gasteiger partial charge in [0, 0.05) is 11.7 Å². The molecular formula is C26H30N2O4S. The second-order valence-electron chi connectivity index (χ2n) is 7.72. The predicted octanol–water partition coefficient (Wildman–Crippen LogP) is 4.87. The zero-order valence-corrected chi connectivity index (χ0v) is 20.0. The van der Waals surface area contributed by atoms with Crippen LogP contribution in [0.2, 0.25) is 0 Å². The van der Waals surface area contributed by atoms with E-state index in [1.807, 2.05) is 62.4 Å². The van der Waals surface area contributed by atoms with Crippen LogP contribution in [0.5, 0.6) is 5.75 Å². The fourth-order valence-electron chi connectivity index (χ4n) is 3.55. The van der Waals surface area contributed by atoms with Crippen LogP contribution in [0.1, 0.15) is 43.5 Å². The molecule has 0 bridgehead atoms. The van der Waals surface area contributed by atoms with Crippen LogP contribution < -0.4 is 14.8 Å². The smallest absolute Gasteiger partial charge is 0.262 e. The normalized spacial score (nSPS) is 12.2. The van der Waals surface area contributed by atoms with Crippen LogP contribution in [0, 0.1) is 0 Å². The third kappa shape index (κ3) is 6.43. The molecule has 0 fully saturated rings. The number of amides is 1. The number of rotatable bonds is 10. The molecule has 0 aromatic heterocycles. The lowest BCUT2D eigenvalue weighted by atomic mass is 10.0. The van der Waals surface area contributed by atoms with Crippen molar-refractivity contribution in [1.82, 2.24) is 4.72 Å². The van der Waals surface area contributed by atoms with E-state index in [0.717, 1.165) is 35.2 Å². The predicted molar refractivity (Wildman–Crippen MR) is 131 cm³/mol. The standard InChI is InChI=1S/C26H30N2O4S/c1-4-20-12-9-13-21(5-2)26(20)27-25(29)18-32-23-14-16-24(17-15-23)33(30,31)28-19(3)22-10-7-6-8-11-22/h6-17,19,28H,4-5,18H2,1-3H3,(H,27,29)/t19-/m1/s1. The highest BCUT2D eigenvalue weighted by Crippen LogP contribution is 2.23. The highest BCUT2D eigenvalue weighted by molar-refractivity contribution is 7.89. The summed E-state index contributed by atoms with van der Waals surface area (Å²) in [6.45, 7) is 5.72. The Bertz CT molecular complexity index is 1150. The summed E-state index contributed by atoms with van der Waals surface area (Å²) in [5.41, 5.74) is 3.88. The van der Waals surface area contributed by atoms with E-state index in [9.17, 15) is 13.2 Å². The van der Waals surface area contributed by atoms with Crippen molar-refractivity contribution in [1.29, 1.82) is 0 Å². The number of sulfonamides is 1. The van der Waals surface area contributed by atoms with Crippen molar-refractivity contribution in [3.05, 3.63) is 89.5 Å². The molecule has 0 spiro atoms. The SMILES string of the molecule is CCc1cccc(CC)c1NC(=O)COc1ccc(S(=O)(=O)N[C@H](C)c2ccccc2)cc1. The Balaban J connectivity index is 1.60. The summed E-state index contributed by atoms with van der Waals surface area (Å²) < 4.78 is 33.7. The number of ether oxygens (including phenoxy) is 1. The Kier molecular flexibility index (Phi) is 8.25. The Morgan fingerprint density at radius 3 is 2.06 bits per heavy atom. The van der Waals surface area contributed by atoms with Crippen molar-refractivity contribution in [2.75, 3.05) is 11.9 Å². The van der Waals surface area contributed by atoms with E-state index < -0.39 is 10.0 Å². The summed E-state index contributed by atoms with van der Waals surface area (Å²) >= 11 is 0. The van der Waals surface area contributed by atoms with Gasteiger partial charge in [0.25, 0.3) is 5.91 Å². The number of nitrogens with one attached hydrogen (secondary N) is 2. The minimum absolute atomic E-state index is 0.131. The quantitative estimate of drug-likeness (QED) is 0.447. The molecule has 3 aromatic carbocycles. The summed E-state index contributed by atoms with van der Waals surface area (Å²) in [6, 6.07) is 21.0. The first-order valence-corrected chi connectivity index (χ1v) is 12.5. The molecule has 3 rings (SSSR count). The van der Waals surface area contributed by atoms with Gasteiger partial charge < -0.3 is 10.1 Å². The van der Waals surface area contributed by atoms with Crippen molar-refractivity contribution in [2.45, 2.75) is 44.6 Å². The van der Waals surface area contributed by atoms with E-state index >= 15 is 0 Å². The molecule has 0 aliphatic rings. The van der Waals surface area contributed by atoms with Crippen molar-refractivity contribution in [3.8, 4) is 5.75 Å². The van der Waals surface area contributed by atoms with Gasteiger partial charge in [-0.15, -0.1) is 0 Å². The number of carbonyl (C=O) groups is 1. The Morgan fingerprint density at radius 1 is 0.879 bits per heavy atom. The van der Waals surface area contributed by atoms with Gasteiger partial charge in [-0.05, 0) is 60.7 Å². The lowest BCUT2D eigenvalue weighted by Crippen LogP contribution is -2.26. The lowest BCUT2D eigenvalue weighted by Gasteiger charge is -2.15. The number of hydrogen-bond donors (Lipinski definition) is 2. The second-order valence-corrected chi connectivity index (χ2v) is 9.43. The van der Waals surface area contributed by atoms with Gasteiger partial charge >= 0.3 is 0 Å². The fraction of sp³-hybridized carbons (Fsp3) is 0.269. The van der Waals surface area contributed by atoms with Crippen molar-refractivity contribution in [3.63, 3.8) is 0 Å². The number of para-hydroxylation sites is 1. The molecule has 3 aromatic rings. The largest absolute Gasteiger partial charge is 0.484 e. The van der Waals surface area contributed by atoms with Crippen LogP contribution in [0.25, 0.3) is 0 Å². The number of benzene rings is 3. The minimum Gasteiger partial charge on any atom is -0.484 e. The molecule has 0 heterocycles. The molecule has 1 atom stereocenters. The van der Waals surface area contributed by atoms with Crippen LogP contribution in [-0.4, -0.2) is 20.9 Å². The molecule has 0 saturated carbocycles. The average Bonchev–Trinajstić information content (AvgIpc) is 2.83. The lowest BCUT2D eigenvalue weighted by molar-refractivity contribution is -0.118. The van der Waals surface area contributed by atoms with Gasteiger partial charge in [-0.2, -0.15) is 0 Å². The van der Waals surface area contributed by atoms with E-state index in [-0.39, 0.29) is 23.5 Å². The number of aryl methyl sites for hydroxylation is 2. The van der Waals surface area contributed by atoms with Crippen LogP contribution in [0.3, 0.4) is 0 Å². The average molecular weight is 467 g/mol. The zero-order valence-electron chi connectivity index (χ0n) is 19.2. The van der Waals surface area contributed by atoms with E-state index in [1.54, 1.807) is 19.1 Å². The molecule has 174 valence electrons. The third-order valence-corrected chi connectivity index (χ3v) is 6.96. The van der Waals surface area contributed by atoms with Gasteiger partial charge in [0.2, 0.25) is 10.0 Å². The van der Waals surface area contributed by atoms with Crippen LogP contribution >= 0.6 is 0 Å². The Hall–Kier alpha value is -3.16. The van der Waals surface area contributed by atoms with E-state index in [1.165, 1.54) is 12.1 Å². The Morgan fingerprint density at radius 2 is 1.48 bits per heavy atom. The van der Waals surface area contributed by atoms with Crippen LogP contribution in [0.4, 0.5) is 5.69 Å². The minimum atomic E-state index is -3.70. The van der Waals surface area contributed by atoms with Crippen LogP contribution in [-0.2, 0) is 27.7 Å². The van der Waals surface area contributed by atoms with Crippen LogP contribution in [0.15, 0.2) is 77.7 Å². The molecular weight excluding hydrogens is 436 g/mol. The maximum absolute atomic E-state index is 12.7. The summed E-state index contributed by atoms with van der Waals surface area (Å²) in [4.78, 5) is 12.6. The van der Waals surface area contributed by atoms with Gasteiger partial charge in [0.1, 0.15) is 5.75 Å². The van der Waals surface area contributed by atoms with Gasteiger partial charge in [0.05, 0.1) is 4.90 Å². The third-order valence-electron chi connectivity index (χ3n) is 5.40. The van der Waals surface area contributed by atoms with E-state index in [2.05, 4.69) is 10.0 Å². The topological polar surface area (TPSA) is 84.5 Å². The summed E-state index contributed by atoms with van der Waals surface area (Å²) in [5, 5.41) is 2.95. The molecule has 2 N–H and O–H groups in total. The van der Waals surface area contributed by atoms with Gasteiger partial charge in [-0.1, -0.05) is 62.4 Å². The number of hydrogen-bond acceptors (Lipinski definition) is 4. The molecule has 7 heteroatoms. The first-order chi connectivity index (χ1) is 15.8. The molecule has 1 amide bonds. The second kappa shape index (κ2) is 11.1. The van der Waals surface area contributed by atoms with Crippen molar-refractivity contribution in [2.24, 2.45) is 0 Å². The van der Waals surface area contributed by atoms with Gasteiger partial charge in [0.15, 0.2) is 6.61 Å². The van der Waals surface area contributed by atoms with Gasteiger partial charge in [-0.25, -0.2) is 13.1 Å². The number of carbonyl (C=O) groups excluding carboxylic acids is 1. The molecule has 0 unspecified atom stereocenters. The monoisotopic (exact) mass is 466 g/mol. The molecule has 0 radical (unpaired) electrons. The number of anilines is 1. The van der Waals surface area contributed by atoms with E-state index in [0.29, 0.717) is 5.75 Å². The first-order valence-electron chi connectivity index (χ1n) is 11.0. The maximum atomic E-state index is 12.7.